The molecule has 0 heterocycles. The lowest BCUT2D eigenvalue weighted by Crippen LogP contribution is -2.46. The number of carbonyl (C=O) groups is 2. The molecule has 7 heteroatoms. The summed E-state index contributed by atoms with van der Waals surface area (Å²) >= 11 is 5.91. The van der Waals surface area contributed by atoms with Crippen molar-refractivity contribution >= 4 is 29.3 Å². The maximum atomic E-state index is 12.5. The van der Waals surface area contributed by atoms with Gasteiger partial charge < -0.3 is 14.7 Å². The van der Waals surface area contributed by atoms with Gasteiger partial charge in [0.15, 0.2) is 0 Å². The molecule has 0 bridgehead atoms. The summed E-state index contributed by atoms with van der Waals surface area (Å²) in [5, 5.41) is 9.46. The highest BCUT2D eigenvalue weighted by Crippen LogP contribution is 2.20. The van der Waals surface area contributed by atoms with Crippen molar-refractivity contribution in [1.82, 2.24) is 4.90 Å². The quantitative estimate of drug-likeness (QED) is 0.838. The van der Waals surface area contributed by atoms with E-state index in [-0.39, 0.29) is 6.03 Å². The highest BCUT2D eigenvalue weighted by Gasteiger charge is 2.23. The zero-order chi connectivity index (χ0) is 15.8. The van der Waals surface area contributed by atoms with Crippen LogP contribution in [-0.2, 0) is 9.53 Å². The van der Waals surface area contributed by atoms with Gasteiger partial charge >= 0.3 is 12.0 Å². The number of amides is 2. The van der Waals surface area contributed by atoms with E-state index in [9.17, 15) is 9.59 Å². The van der Waals surface area contributed by atoms with Crippen molar-refractivity contribution < 1.29 is 19.4 Å². The molecule has 0 aliphatic heterocycles. The lowest BCUT2D eigenvalue weighted by Gasteiger charge is -2.29. The fourth-order valence-electron chi connectivity index (χ4n) is 1.81. The number of rotatable bonds is 7. The third kappa shape index (κ3) is 5.24. The second-order valence-electron chi connectivity index (χ2n) is 4.31. The van der Waals surface area contributed by atoms with Crippen molar-refractivity contribution in [3.05, 3.63) is 29.3 Å². The highest BCUT2D eigenvalue weighted by molar-refractivity contribution is 6.30. The molecule has 1 N–H and O–H groups in total. The Labute approximate surface area is 128 Å². The van der Waals surface area contributed by atoms with Gasteiger partial charge in [0, 0.05) is 30.9 Å². The summed E-state index contributed by atoms with van der Waals surface area (Å²) in [6.07, 6.45) is 0. The Bertz CT molecular complexity index is 496. The van der Waals surface area contributed by atoms with Crippen LogP contribution in [0.1, 0.15) is 6.92 Å². The molecule has 0 unspecified atom stereocenters. The second-order valence-corrected chi connectivity index (χ2v) is 4.75. The van der Waals surface area contributed by atoms with Crippen LogP contribution in [0, 0.1) is 0 Å². The van der Waals surface area contributed by atoms with Gasteiger partial charge in [-0.25, -0.2) is 4.79 Å². The minimum Gasteiger partial charge on any atom is -0.480 e. The fourth-order valence-corrected chi connectivity index (χ4v) is 1.99. The van der Waals surface area contributed by atoms with E-state index in [0.29, 0.717) is 30.4 Å². The van der Waals surface area contributed by atoms with Crippen molar-refractivity contribution in [2.24, 2.45) is 0 Å². The van der Waals surface area contributed by atoms with Gasteiger partial charge in [0.25, 0.3) is 0 Å². The minimum absolute atomic E-state index is 0.385. The van der Waals surface area contributed by atoms with Crippen LogP contribution in [0.5, 0.6) is 0 Å². The van der Waals surface area contributed by atoms with E-state index >= 15 is 0 Å². The smallest absolute Gasteiger partial charge is 0.325 e. The van der Waals surface area contributed by atoms with E-state index in [1.807, 2.05) is 6.92 Å². The number of carboxylic acid groups (broad SMARTS) is 1. The number of hydrogen-bond acceptors (Lipinski definition) is 3. The van der Waals surface area contributed by atoms with Crippen LogP contribution in [0.2, 0.25) is 5.02 Å². The van der Waals surface area contributed by atoms with Crippen molar-refractivity contribution in [1.29, 1.82) is 0 Å². The van der Waals surface area contributed by atoms with Crippen LogP contribution < -0.4 is 4.90 Å². The third-order valence-corrected chi connectivity index (χ3v) is 3.10. The topological polar surface area (TPSA) is 70.1 Å². The molecule has 0 aliphatic carbocycles. The molecule has 6 nitrogen and oxygen atoms in total. The molecule has 0 saturated heterocycles. The van der Waals surface area contributed by atoms with Crippen LogP contribution >= 0.6 is 11.6 Å². The molecule has 21 heavy (non-hydrogen) atoms. The van der Waals surface area contributed by atoms with Crippen molar-refractivity contribution in [3.63, 3.8) is 0 Å². The third-order valence-electron chi connectivity index (χ3n) is 2.86. The number of carboxylic acids is 1. The monoisotopic (exact) mass is 314 g/mol. The second kappa shape index (κ2) is 8.49. The average Bonchev–Trinajstić information content (AvgIpc) is 2.45. The molecule has 1 aromatic rings. The normalized spacial score (nSPS) is 10.2. The molecular formula is C14H19ClN2O4. The molecule has 0 fully saturated rings. The van der Waals surface area contributed by atoms with Gasteiger partial charge in [-0.1, -0.05) is 17.7 Å². The number of ether oxygens (including phenoxy) is 1. The Balaban J connectivity index is 3.00. The summed E-state index contributed by atoms with van der Waals surface area (Å²) in [7, 11) is 1.55. The number of hydrogen-bond donors (Lipinski definition) is 1. The maximum absolute atomic E-state index is 12.5. The average molecular weight is 315 g/mol. The summed E-state index contributed by atoms with van der Waals surface area (Å²) in [6.45, 7) is 2.63. The minimum atomic E-state index is -1.09. The summed E-state index contributed by atoms with van der Waals surface area (Å²) < 4.78 is 4.96. The highest BCUT2D eigenvalue weighted by atomic mass is 35.5. The molecule has 0 atom stereocenters. The van der Waals surface area contributed by atoms with Crippen LogP contribution in [0.4, 0.5) is 10.5 Å². The van der Waals surface area contributed by atoms with Gasteiger partial charge in [0.1, 0.15) is 6.54 Å². The Morgan fingerprint density at radius 3 is 2.62 bits per heavy atom. The van der Waals surface area contributed by atoms with Crippen LogP contribution in [0.3, 0.4) is 0 Å². The zero-order valence-electron chi connectivity index (χ0n) is 12.1. The summed E-state index contributed by atoms with van der Waals surface area (Å²) in [5.41, 5.74) is 0.450. The molecule has 116 valence electrons. The van der Waals surface area contributed by atoms with E-state index in [2.05, 4.69) is 0 Å². The van der Waals surface area contributed by atoms with Crippen molar-refractivity contribution in [2.75, 3.05) is 38.3 Å². The van der Waals surface area contributed by atoms with Gasteiger partial charge in [0.2, 0.25) is 0 Å². The van der Waals surface area contributed by atoms with Gasteiger partial charge in [-0.3, -0.25) is 9.69 Å². The van der Waals surface area contributed by atoms with Gasteiger partial charge in [-0.2, -0.15) is 0 Å². The van der Waals surface area contributed by atoms with E-state index in [1.165, 1.54) is 9.80 Å². The first-order valence-corrected chi connectivity index (χ1v) is 6.90. The lowest BCUT2D eigenvalue weighted by atomic mass is 10.3. The molecule has 1 rings (SSSR count). The van der Waals surface area contributed by atoms with Gasteiger partial charge in [-0.15, -0.1) is 0 Å². The Morgan fingerprint density at radius 2 is 2.10 bits per heavy atom. The van der Waals surface area contributed by atoms with E-state index in [1.54, 1.807) is 31.4 Å². The van der Waals surface area contributed by atoms with E-state index < -0.39 is 12.5 Å². The molecular weight excluding hydrogens is 296 g/mol. The molecule has 0 radical (unpaired) electrons. The van der Waals surface area contributed by atoms with E-state index in [0.717, 1.165) is 0 Å². The maximum Gasteiger partial charge on any atom is 0.325 e. The Hall–Kier alpha value is -1.79. The number of aliphatic carboxylic acids is 1. The number of benzene rings is 1. The van der Waals surface area contributed by atoms with Gasteiger partial charge in [-0.05, 0) is 25.1 Å². The Kier molecular flexibility index (Phi) is 6.98. The Morgan fingerprint density at radius 1 is 1.38 bits per heavy atom. The zero-order valence-corrected chi connectivity index (χ0v) is 12.8. The number of nitrogens with zero attached hydrogens (tertiary/aromatic N) is 2. The molecule has 0 saturated carbocycles. The number of halogens is 1. The van der Waals surface area contributed by atoms with Crippen LogP contribution in [0.25, 0.3) is 0 Å². The molecule has 1 aromatic carbocycles. The van der Waals surface area contributed by atoms with Gasteiger partial charge in [0.05, 0.1) is 6.61 Å². The summed E-state index contributed by atoms with van der Waals surface area (Å²) in [4.78, 5) is 26.3. The summed E-state index contributed by atoms with van der Waals surface area (Å²) in [6, 6.07) is 6.16. The largest absolute Gasteiger partial charge is 0.480 e. The van der Waals surface area contributed by atoms with E-state index in [4.69, 9.17) is 21.4 Å². The number of urea groups is 1. The molecule has 0 spiro atoms. The number of anilines is 1. The first-order valence-electron chi connectivity index (χ1n) is 6.52. The predicted molar refractivity (Wildman–Crippen MR) is 81.0 cm³/mol. The SMILES string of the molecule is CCN(CCOC)C(=O)N(CC(=O)O)c1cccc(Cl)c1. The lowest BCUT2D eigenvalue weighted by molar-refractivity contribution is -0.135. The molecule has 2 amide bonds. The number of likely N-dealkylation sites (N-methyl/N-ethyl adjacent to an activating group) is 1. The number of methoxy groups -OCH3 is 1. The van der Waals surface area contributed by atoms with Crippen molar-refractivity contribution in [2.45, 2.75) is 6.92 Å². The van der Waals surface area contributed by atoms with Crippen LogP contribution in [0.15, 0.2) is 24.3 Å². The predicted octanol–water partition coefficient (Wildman–Crippen LogP) is 2.32. The molecule has 0 aromatic heterocycles. The van der Waals surface area contributed by atoms with Crippen molar-refractivity contribution in [3.8, 4) is 0 Å². The number of carbonyl (C=O) groups excluding carboxylic acids is 1. The molecule has 0 aliphatic rings. The standard InChI is InChI=1S/C14H19ClN2O4/c1-3-16(7-8-21-2)14(20)17(10-13(18)19)12-6-4-5-11(15)9-12/h4-6,9H,3,7-8,10H2,1-2H3,(H,18,19). The first kappa shape index (κ1) is 17.3. The van der Waals surface area contributed by atoms with Crippen LogP contribution in [-0.4, -0.2) is 55.4 Å². The summed E-state index contributed by atoms with van der Waals surface area (Å²) in [5.74, 6) is -1.09. The first-order chi connectivity index (χ1) is 9.99. The fraction of sp³-hybridized carbons (Fsp3) is 0.429.